The fourth-order valence-electron chi connectivity index (χ4n) is 3.00. The molecule has 27 heavy (non-hydrogen) atoms. The van der Waals surface area contributed by atoms with Gasteiger partial charge >= 0.3 is 0 Å². The van der Waals surface area contributed by atoms with Crippen LogP contribution in [-0.4, -0.2) is 20.4 Å². The lowest BCUT2D eigenvalue weighted by Gasteiger charge is -2.06. The SMILES string of the molecule is O=C(CCc1c(F)cccc1Cl)c1ccc(-c2nnc3ccccn23)cc1. The van der Waals surface area contributed by atoms with Crippen molar-refractivity contribution in [1.82, 2.24) is 14.6 Å². The Labute approximate surface area is 160 Å². The maximum atomic E-state index is 13.8. The van der Waals surface area contributed by atoms with E-state index in [-0.39, 0.29) is 24.4 Å². The standard InChI is InChI=1S/C21H15ClFN3O/c22-17-4-3-5-18(23)16(17)11-12-19(27)14-7-9-15(10-8-14)21-25-24-20-6-1-2-13-26(20)21/h1-10,13H,11-12H2. The number of halogens is 2. The normalized spacial score (nSPS) is 11.0. The summed E-state index contributed by atoms with van der Waals surface area (Å²) in [6, 6.07) is 17.4. The van der Waals surface area contributed by atoms with Gasteiger partial charge in [-0.05, 0) is 30.7 Å². The Morgan fingerprint density at radius 1 is 1.00 bits per heavy atom. The molecule has 0 aliphatic heterocycles. The van der Waals surface area contributed by atoms with Crippen molar-refractivity contribution in [2.45, 2.75) is 12.8 Å². The minimum atomic E-state index is -0.385. The van der Waals surface area contributed by atoms with Crippen molar-refractivity contribution in [3.05, 3.63) is 88.8 Å². The van der Waals surface area contributed by atoms with Crippen LogP contribution in [0.3, 0.4) is 0 Å². The minimum absolute atomic E-state index is 0.0630. The Hall–Kier alpha value is -3.05. The van der Waals surface area contributed by atoms with Crippen LogP contribution in [0.4, 0.5) is 4.39 Å². The molecular formula is C21H15ClFN3O. The molecule has 0 fully saturated rings. The number of hydrogen-bond acceptors (Lipinski definition) is 3. The van der Waals surface area contributed by atoms with Crippen molar-refractivity contribution >= 4 is 23.0 Å². The molecular weight excluding hydrogens is 365 g/mol. The maximum Gasteiger partial charge on any atom is 0.168 e. The second-order valence-corrected chi connectivity index (χ2v) is 6.56. The molecule has 0 saturated carbocycles. The molecule has 4 aromatic rings. The van der Waals surface area contributed by atoms with Gasteiger partial charge in [0.2, 0.25) is 0 Å². The summed E-state index contributed by atoms with van der Waals surface area (Å²) >= 11 is 6.02. The molecule has 6 heteroatoms. The van der Waals surface area contributed by atoms with Crippen molar-refractivity contribution in [2.24, 2.45) is 0 Å². The molecule has 0 bridgehead atoms. The van der Waals surface area contributed by atoms with Gasteiger partial charge in [-0.3, -0.25) is 9.20 Å². The Kier molecular flexibility index (Phi) is 4.69. The quantitative estimate of drug-likeness (QED) is 0.458. The van der Waals surface area contributed by atoms with Gasteiger partial charge in [0.15, 0.2) is 17.3 Å². The number of pyridine rings is 1. The van der Waals surface area contributed by atoms with Gasteiger partial charge in [0.25, 0.3) is 0 Å². The Bertz CT molecular complexity index is 1100. The second kappa shape index (κ2) is 7.29. The summed E-state index contributed by atoms with van der Waals surface area (Å²) in [4.78, 5) is 12.5. The highest BCUT2D eigenvalue weighted by Gasteiger charge is 2.12. The highest BCUT2D eigenvalue weighted by Crippen LogP contribution is 2.22. The number of aromatic nitrogens is 3. The van der Waals surface area contributed by atoms with Crippen LogP contribution in [-0.2, 0) is 6.42 Å². The molecule has 4 nitrogen and oxygen atoms in total. The van der Waals surface area contributed by atoms with Crippen molar-refractivity contribution in [2.75, 3.05) is 0 Å². The number of Topliss-reactive ketones (excluding diaryl/α,β-unsaturated/α-hetero) is 1. The second-order valence-electron chi connectivity index (χ2n) is 6.15. The number of ketones is 1. The number of rotatable bonds is 5. The van der Waals surface area contributed by atoms with Gasteiger partial charge in [0, 0.05) is 34.3 Å². The van der Waals surface area contributed by atoms with E-state index in [1.165, 1.54) is 6.07 Å². The van der Waals surface area contributed by atoms with Crippen LogP contribution in [0, 0.1) is 5.82 Å². The van der Waals surface area contributed by atoms with Crippen LogP contribution in [0.15, 0.2) is 66.9 Å². The number of carbonyl (C=O) groups is 1. The predicted octanol–water partition coefficient (Wildman–Crippen LogP) is 5.00. The molecule has 0 atom stereocenters. The molecule has 2 aromatic heterocycles. The number of benzene rings is 2. The van der Waals surface area contributed by atoms with Gasteiger partial charge in [-0.1, -0.05) is 48.0 Å². The Morgan fingerprint density at radius 2 is 1.81 bits per heavy atom. The fraction of sp³-hybridized carbons (Fsp3) is 0.0952. The lowest BCUT2D eigenvalue weighted by molar-refractivity contribution is 0.0982. The number of hydrogen-bond donors (Lipinski definition) is 0. The van der Waals surface area contributed by atoms with Crippen LogP contribution < -0.4 is 0 Å². The first-order valence-electron chi connectivity index (χ1n) is 8.50. The molecule has 0 amide bonds. The first kappa shape index (κ1) is 17.4. The van der Waals surface area contributed by atoms with E-state index in [1.54, 1.807) is 24.3 Å². The fourth-order valence-corrected chi connectivity index (χ4v) is 3.25. The van der Waals surface area contributed by atoms with Crippen molar-refractivity contribution in [1.29, 1.82) is 0 Å². The Balaban J connectivity index is 1.51. The van der Waals surface area contributed by atoms with E-state index < -0.39 is 0 Å². The summed E-state index contributed by atoms with van der Waals surface area (Å²) in [5, 5.41) is 8.68. The summed E-state index contributed by atoms with van der Waals surface area (Å²) in [5.74, 6) is 0.263. The van der Waals surface area contributed by atoms with Crippen molar-refractivity contribution in [3.8, 4) is 11.4 Å². The summed E-state index contributed by atoms with van der Waals surface area (Å²) in [7, 11) is 0. The predicted molar refractivity (Wildman–Crippen MR) is 102 cm³/mol. The topological polar surface area (TPSA) is 47.3 Å². The third kappa shape index (κ3) is 3.46. The van der Waals surface area contributed by atoms with E-state index in [9.17, 15) is 9.18 Å². The summed E-state index contributed by atoms with van der Waals surface area (Å²) in [5.41, 5.74) is 2.57. The highest BCUT2D eigenvalue weighted by atomic mass is 35.5. The van der Waals surface area contributed by atoms with E-state index in [4.69, 9.17) is 11.6 Å². The largest absolute Gasteiger partial charge is 0.294 e. The zero-order chi connectivity index (χ0) is 18.8. The van der Waals surface area contributed by atoms with E-state index in [0.29, 0.717) is 22.0 Å². The molecule has 2 aromatic carbocycles. The molecule has 0 saturated heterocycles. The number of carbonyl (C=O) groups excluding carboxylic acids is 1. The van der Waals surface area contributed by atoms with E-state index in [1.807, 2.05) is 40.9 Å². The zero-order valence-electron chi connectivity index (χ0n) is 14.3. The van der Waals surface area contributed by atoms with E-state index in [0.717, 1.165) is 11.2 Å². The number of fused-ring (bicyclic) bond motifs is 1. The van der Waals surface area contributed by atoms with Crippen LogP contribution >= 0.6 is 11.6 Å². The van der Waals surface area contributed by atoms with Crippen molar-refractivity contribution in [3.63, 3.8) is 0 Å². The van der Waals surface area contributed by atoms with Gasteiger partial charge in [-0.25, -0.2) is 4.39 Å². The maximum absolute atomic E-state index is 13.8. The molecule has 0 aliphatic rings. The lowest BCUT2D eigenvalue weighted by atomic mass is 10.0. The average Bonchev–Trinajstić information content (AvgIpc) is 3.12. The summed E-state index contributed by atoms with van der Waals surface area (Å²) in [6.07, 6.45) is 2.34. The molecule has 0 spiro atoms. The van der Waals surface area contributed by atoms with Gasteiger partial charge in [0.1, 0.15) is 5.82 Å². The van der Waals surface area contributed by atoms with Crippen LogP contribution in [0.1, 0.15) is 22.3 Å². The van der Waals surface area contributed by atoms with E-state index in [2.05, 4.69) is 10.2 Å². The summed E-state index contributed by atoms with van der Waals surface area (Å²) < 4.78 is 15.7. The molecule has 4 rings (SSSR count). The average molecular weight is 380 g/mol. The monoisotopic (exact) mass is 379 g/mol. The highest BCUT2D eigenvalue weighted by molar-refractivity contribution is 6.31. The molecule has 134 valence electrons. The first-order valence-corrected chi connectivity index (χ1v) is 8.87. The zero-order valence-corrected chi connectivity index (χ0v) is 15.0. The van der Waals surface area contributed by atoms with Gasteiger partial charge in [-0.2, -0.15) is 0 Å². The van der Waals surface area contributed by atoms with Crippen LogP contribution in [0.25, 0.3) is 17.0 Å². The van der Waals surface area contributed by atoms with Crippen LogP contribution in [0.5, 0.6) is 0 Å². The van der Waals surface area contributed by atoms with Gasteiger partial charge < -0.3 is 0 Å². The Morgan fingerprint density at radius 3 is 2.59 bits per heavy atom. The smallest absolute Gasteiger partial charge is 0.168 e. The third-order valence-corrected chi connectivity index (χ3v) is 4.80. The third-order valence-electron chi connectivity index (χ3n) is 4.44. The molecule has 2 heterocycles. The lowest BCUT2D eigenvalue weighted by Crippen LogP contribution is -2.03. The van der Waals surface area contributed by atoms with Gasteiger partial charge in [-0.15, -0.1) is 10.2 Å². The summed E-state index contributed by atoms with van der Waals surface area (Å²) in [6.45, 7) is 0. The first-order chi connectivity index (χ1) is 13.1. The van der Waals surface area contributed by atoms with E-state index >= 15 is 0 Å². The minimum Gasteiger partial charge on any atom is -0.294 e. The molecule has 0 unspecified atom stereocenters. The van der Waals surface area contributed by atoms with Crippen LogP contribution in [0.2, 0.25) is 5.02 Å². The van der Waals surface area contributed by atoms with Gasteiger partial charge in [0.05, 0.1) is 0 Å². The number of nitrogens with zero attached hydrogens (tertiary/aromatic N) is 3. The molecule has 0 aliphatic carbocycles. The molecule has 0 N–H and O–H groups in total. The molecule has 0 radical (unpaired) electrons. The van der Waals surface area contributed by atoms with Crippen molar-refractivity contribution < 1.29 is 9.18 Å².